The van der Waals surface area contributed by atoms with Crippen molar-refractivity contribution in [2.45, 2.75) is 26.4 Å². The Kier molecular flexibility index (Phi) is 3.87. The number of aliphatic hydroxyl groups is 1. The van der Waals surface area contributed by atoms with E-state index in [9.17, 15) is 9.90 Å². The van der Waals surface area contributed by atoms with E-state index in [1.165, 1.54) is 5.56 Å². The lowest BCUT2D eigenvalue weighted by Crippen LogP contribution is -2.46. The number of likely N-dealkylation sites (tertiary alicyclic amines) is 1. The molecule has 1 aliphatic heterocycles. The first kappa shape index (κ1) is 12.9. The second-order valence-corrected chi connectivity index (χ2v) is 5.08. The van der Waals surface area contributed by atoms with Crippen LogP contribution in [0.15, 0.2) is 24.3 Å². The molecule has 2 amide bonds. The van der Waals surface area contributed by atoms with Crippen molar-refractivity contribution in [3.05, 3.63) is 29.8 Å². The highest BCUT2D eigenvalue weighted by Crippen LogP contribution is 2.18. The minimum absolute atomic E-state index is 0.0856. The molecule has 2 N–H and O–H groups in total. The number of amides is 2. The maximum Gasteiger partial charge on any atom is 0.321 e. The summed E-state index contributed by atoms with van der Waals surface area (Å²) in [4.78, 5) is 13.8. The lowest BCUT2D eigenvalue weighted by atomic mass is 9.97. The van der Waals surface area contributed by atoms with Gasteiger partial charge in [0, 0.05) is 18.8 Å². The molecule has 1 aromatic rings. The Bertz CT molecular complexity index is 416. The minimum atomic E-state index is -0.284. The summed E-state index contributed by atoms with van der Waals surface area (Å²) in [5.41, 5.74) is 1.98. The second kappa shape index (κ2) is 5.40. The van der Waals surface area contributed by atoms with Crippen LogP contribution in [0.1, 0.15) is 18.9 Å². The van der Waals surface area contributed by atoms with Gasteiger partial charge in [0.2, 0.25) is 0 Å². The highest BCUT2D eigenvalue weighted by Gasteiger charge is 2.27. The first-order valence-corrected chi connectivity index (χ1v) is 6.37. The third-order valence-corrected chi connectivity index (χ3v) is 3.45. The Morgan fingerprint density at radius 1 is 1.39 bits per heavy atom. The molecule has 0 aromatic heterocycles. The van der Waals surface area contributed by atoms with Crippen molar-refractivity contribution >= 4 is 11.7 Å². The first-order valence-electron chi connectivity index (χ1n) is 6.37. The van der Waals surface area contributed by atoms with Gasteiger partial charge in [-0.2, -0.15) is 0 Å². The summed E-state index contributed by atoms with van der Waals surface area (Å²) in [5, 5.41) is 12.5. The van der Waals surface area contributed by atoms with Crippen molar-refractivity contribution < 1.29 is 9.90 Å². The number of carbonyl (C=O) groups excluding carboxylic acids is 1. The topological polar surface area (TPSA) is 52.6 Å². The molecular formula is C14H20N2O2. The van der Waals surface area contributed by atoms with Gasteiger partial charge in [-0.15, -0.1) is 0 Å². The molecule has 2 unspecified atom stereocenters. The van der Waals surface area contributed by atoms with Gasteiger partial charge in [-0.05, 0) is 31.4 Å². The molecule has 4 heteroatoms. The number of hydrogen-bond donors (Lipinski definition) is 2. The smallest absolute Gasteiger partial charge is 0.321 e. The van der Waals surface area contributed by atoms with Crippen molar-refractivity contribution in [1.82, 2.24) is 4.90 Å². The number of benzene rings is 1. The average Bonchev–Trinajstić information content (AvgIpc) is 2.35. The Labute approximate surface area is 108 Å². The maximum absolute atomic E-state index is 12.0. The van der Waals surface area contributed by atoms with Gasteiger partial charge in [0.25, 0.3) is 0 Å². The van der Waals surface area contributed by atoms with Crippen molar-refractivity contribution in [2.24, 2.45) is 5.92 Å². The van der Waals surface area contributed by atoms with Gasteiger partial charge in [0.1, 0.15) is 0 Å². The lowest BCUT2D eigenvalue weighted by molar-refractivity contribution is 0.0506. The van der Waals surface area contributed by atoms with Crippen LogP contribution >= 0.6 is 0 Å². The Hall–Kier alpha value is -1.55. The summed E-state index contributed by atoms with van der Waals surface area (Å²) < 4.78 is 0. The van der Waals surface area contributed by atoms with E-state index in [1.807, 2.05) is 38.1 Å². The van der Waals surface area contributed by atoms with Crippen LogP contribution in [-0.2, 0) is 0 Å². The SMILES string of the molecule is Cc1ccc(NC(=O)N2CCC(O)C(C)C2)cc1. The molecule has 2 rings (SSSR count). The summed E-state index contributed by atoms with van der Waals surface area (Å²) in [6, 6.07) is 7.65. The molecule has 0 bridgehead atoms. The fourth-order valence-electron chi connectivity index (χ4n) is 2.16. The summed E-state index contributed by atoms with van der Waals surface area (Å²) in [6.45, 7) is 5.21. The number of piperidine rings is 1. The van der Waals surface area contributed by atoms with Gasteiger partial charge in [0.05, 0.1) is 6.10 Å². The van der Waals surface area contributed by atoms with Crippen LogP contribution in [-0.4, -0.2) is 35.2 Å². The fourth-order valence-corrected chi connectivity index (χ4v) is 2.16. The van der Waals surface area contributed by atoms with Crippen LogP contribution in [0.25, 0.3) is 0 Å². The molecule has 18 heavy (non-hydrogen) atoms. The molecule has 0 aliphatic carbocycles. The number of aryl methyl sites for hydroxylation is 1. The number of anilines is 1. The highest BCUT2D eigenvalue weighted by molar-refractivity contribution is 5.89. The predicted molar refractivity (Wildman–Crippen MR) is 71.6 cm³/mol. The molecule has 0 radical (unpaired) electrons. The first-order chi connectivity index (χ1) is 8.56. The van der Waals surface area contributed by atoms with Crippen LogP contribution in [0.4, 0.5) is 10.5 Å². The third kappa shape index (κ3) is 3.01. The van der Waals surface area contributed by atoms with E-state index in [4.69, 9.17) is 0 Å². The Morgan fingerprint density at radius 2 is 2.06 bits per heavy atom. The maximum atomic E-state index is 12.0. The van der Waals surface area contributed by atoms with E-state index < -0.39 is 0 Å². The number of carbonyl (C=O) groups is 1. The van der Waals surface area contributed by atoms with E-state index in [2.05, 4.69) is 5.32 Å². The Morgan fingerprint density at radius 3 is 2.67 bits per heavy atom. The monoisotopic (exact) mass is 248 g/mol. The standard InChI is InChI=1S/C14H20N2O2/c1-10-3-5-12(6-4-10)15-14(18)16-8-7-13(17)11(2)9-16/h3-6,11,13,17H,7-9H2,1-2H3,(H,15,18). The summed E-state index contributed by atoms with van der Waals surface area (Å²) in [6.07, 6.45) is 0.371. The molecule has 1 heterocycles. The van der Waals surface area contributed by atoms with Crippen molar-refractivity contribution in [3.8, 4) is 0 Å². The average molecular weight is 248 g/mol. The van der Waals surface area contributed by atoms with E-state index in [-0.39, 0.29) is 18.1 Å². The molecule has 1 aromatic carbocycles. The number of rotatable bonds is 1. The molecule has 1 aliphatic rings. The number of aliphatic hydroxyl groups excluding tert-OH is 1. The molecular weight excluding hydrogens is 228 g/mol. The van der Waals surface area contributed by atoms with Crippen LogP contribution in [0, 0.1) is 12.8 Å². The number of urea groups is 1. The fraction of sp³-hybridized carbons (Fsp3) is 0.500. The van der Waals surface area contributed by atoms with E-state index in [1.54, 1.807) is 4.90 Å². The highest BCUT2D eigenvalue weighted by atomic mass is 16.3. The second-order valence-electron chi connectivity index (χ2n) is 5.08. The molecule has 98 valence electrons. The molecule has 1 fully saturated rings. The third-order valence-electron chi connectivity index (χ3n) is 3.45. The normalized spacial score (nSPS) is 23.8. The van der Waals surface area contributed by atoms with E-state index in [0.717, 1.165) is 5.69 Å². The molecule has 4 nitrogen and oxygen atoms in total. The van der Waals surface area contributed by atoms with E-state index in [0.29, 0.717) is 19.5 Å². The van der Waals surface area contributed by atoms with Crippen LogP contribution in [0.2, 0.25) is 0 Å². The molecule has 0 spiro atoms. The predicted octanol–water partition coefficient (Wildman–Crippen LogP) is 2.23. The zero-order chi connectivity index (χ0) is 13.1. The van der Waals surface area contributed by atoms with Gasteiger partial charge < -0.3 is 15.3 Å². The van der Waals surface area contributed by atoms with Gasteiger partial charge in [-0.1, -0.05) is 24.6 Å². The van der Waals surface area contributed by atoms with Gasteiger partial charge in [0.15, 0.2) is 0 Å². The summed E-state index contributed by atoms with van der Waals surface area (Å²) in [7, 11) is 0. The van der Waals surface area contributed by atoms with Crippen LogP contribution in [0.5, 0.6) is 0 Å². The van der Waals surface area contributed by atoms with Gasteiger partial charge in [-0.25, -0.2) is 4.79 Å². The minimum Gasteiger partial charge on any atom is -0.393 e. The largest absolute Gasteiger partial charge is 0.393 e. The van der Waals surface area contributed by atoms with Crippen molar-refractivity contribution in [3.63, 3.8) is 0 Å². The molecule has 2 atom stereocenters. The molecule has 0 saturated carbocycles. The Balaban J connectivity index is 1.94. The van der Waals surface area contributed by atoms with Crippen LogP contribution in [0.3, 0.4) is 0 Å². The zero-order valence-electron chi connectivity index (χ0n) is 10.9. The molecule has 1 saturated heterocycles. The summed E-state index contributed by atoms with van der Waals surface area (Å²) in [5.74, 6) is 0.141. The zero-order valence-corrected chi connectivity index (χ0v) is 10.9. The number of nitrogens with zero attached hydrogens (tertiary/aromatic N) is 1. The quantitative estimate of drug-likeness (QED) is 0.800. The number of hydrogen-bond acceptors (Lipinski definition) is 2. The van der Waals surface area contributed by atoms with Gasteiger partial charge >= 0.3 is 6.03 Å². The lowest BCUT2D eigenvalue weighted by Gasteiger charge is -2.34. The van der Waals surface area contributed by atoms with Crippen LogP contribution < -0.4 is 5.32 Å². The van der Waals surface area contributed by atoms with Crippen molar-refractivity contribution in [2.75, 3.05) is 18.4 Å². The number of nitrogens with one attached hydrogen (secondary N) is 1. The van der Waals surface area contributed by atoms with Gasteiger partial charge in [-0.3, -0.25) is 0 Å². The van der Waals surface area contributed by atoms with Crippen molar-refractivity contribution in [1.29, 1.82) is 0 Å². The summed E-state index contributed by atoms with van der Waals surface area (Å²) >= 11 is 0. The van der Waals surface area contributed by atoms with E-state index >= 15 is 0 Å².